The van der Waals surface area contributed by atoms with Crippen molar-refractivity contribution in [3.05, 3.63) is 18.0 Å². The summed E-state index contributed by atoms with van der Waals surface area (Å²) < 4.78 is 0. The minimum Gasteiger partial charge on any atom is -0.345 e. The van der Waals surface area contributed by atoms with Gasteiger partial charge in [0, 0.05) is 32.9 Å². The Morgan fingerprint density at radius 1 is 1.42 bits per heavy atom. The second-order valence-corrected chi connectivity index (χ2v) is 5.56. The highest BCUT2D eigenvalue weighted by Crippen LogP contribution is 2.39. The molecule has 6 nitrogen and oxygen atoms in total. The van der Waals surface area contributed by atoms with Gasteiger partial charge in [0.1, 0.15) is 5.69 Å². The Bertz CT molecular complexity index is 495. The SMILES string of the molecule is CN1CCC2(CCCN(C(=O)c3ccn[nH]3)C2)C1=O. The molecule has 0 radical (unpaired) electrons. The number of hydrogen-bond acceptors (Lipinski definition) is 3. The van der Waals surface area contributed by atoms with Gasteiger partial charge in [-0.1, -0.05) is 0 Å². The van der Waals surface area contributed by atoms with Gasteiger partial charge in [0.2, 0.25) is 5.91 Å². The molecule has 2 fully saturated rings. The van der Waals surface area contributed by atoms with E-state index in [0.29, 0.717) is 12.2 Å². The molecule has 19 heavy (non-hydrogen) atoms. The number of aromatic amines is 1. The quantitative estimate of drug-likeness (QED) is 0.801. The van der Waals surface area contributed by atoms with Crippen LogP contribution in [-0.2, 0) is 4.79 Å². The maximum absolute atomic E-state index is 12.3. The van der Waals surface area contributed by atoms with Crippen molar-refractivity contribution in [3.63, 3.8) is 0 Å². The molecule has 0 aliphatic carbocycles. The zero-order valence-electron chi connectivity index (χ0n) is 11.1. The van der Waals surface area contributed by atoms with Gasteiger partial charge >= 0.3 is 0 Å². The molecule has 2 aliphatic heterocycles. The Balaban J connectivity index is 1.79. The molecule has 2 amide bonds. The summed E-state index contributed by atoms with van der Waals surface area (Å²) in [6.07, 6.45) is 4.21. The monoisotopic (exact) mass is 262 g/mol. The van der Waals surface area contributed by atoms with Crippen molar-refractivity contribution in [2.75, 3.05) is 26.7 Å². The first-order valence-electron chi connectivity index (χ1n) is 6.67. The van der Waals surface area contributed by atoms with Gasteiger partial charge in [-0.15, -0.1) is 0 Å². The molecule has 0 saturated carbocycles. The van der Waals surface area contributed by atoms with E-state index in [1.807, 2.05) is 7.05 Å². The lowest BCUT2D eigenvalue weighted by Crippen LogP contribution is -2.49. The molecule has 2 aliphatic rings. The van der Waals surface area contributed by atoms with Crippen molar-refractivity contribution in [2.24, 2.45) is 5.41 Å². The number of carbonyl (C=O) groups is 2. The van der Waals surface area contributed by atoms with Crippen LogP contribution in [-0.4, -0.2) is 58.5 Å². The molecule has 1 unspecified atom stereocenters. The summed E-state index contributed by atoms with van der Waals surface area (Å²) in [6, 6.07) is 1.67. The van der Waals surface area contributed by atoms with Crippen LogP contribution in [0.25, 0.3) is 0 Å². The topological polar surface area (TPSA) is 69.3 Å². The fourth-order valence-electron chi connectivity index (χ4n) is 3.22. The highest BCUT2D eigenvalue weighted by atomic mass is 16.2. The lowest BCUT2D eigenvalue weighted by molar-refractivity contribution is -0.137. The number of H-pyrrole nitrogens is 1. The van der Waals surface area contributed by atoms with Crippen molar-refractivity contribution >= 4 is 11.8 Å². The highest BCUT2D eigenvalue weighted by Gasteiger charge is 2.48. The van der Waals surface area contributed by atoms with E-state index in [0.717, 1.165) is 32.4 Å². The smallest absolute Gasteiger partial charge is 0.271 e. The van der Waals surface area contributed by atoms with Crippen LogP contribution in [0.4, 0.5) is 0 Å². The summed E-state index contributed by atoms with van der Waals surface area (Å²) in [6.45, 7) is 2.05. The molecule has 0 bridgehead atoms. The average Bonchev–Trinajstić information content (AvgIpc) is 3.04. The Morgan fingerprint density at radius 2 is 2.26 bits per heavy atom. The second-order valence-electron chi connectivity index (χ2n) is 5.56. The maximum Gasteiger partial charge on any atom is 0.271 e. The lowest BCUT2D eigenvalue weighted by atomic mass is 9.78. The van der Waals surface area contributed by atoms with Crippen LogP contribution in [0.1, 0.15) is 29.8 Å². The molecule has 1 atom stereocenters. The molecule has 1 aromatic heterocycles. The van der Waals surface area contributed by atoms with Crippen molar-refractivity contribution < 1.29 is 9.59 Å². The zero-order valence-corrected chi connectivity index (χ0v) is 11.1. The first-order valence-corrected chi connectivity index (χ1v) is 6.67. The first kappa shape index (κ1) is 12.2. The number of hydrogen-bond donors (Lipinski definition) is 1. The van der Waals surface area contributed by atoms with Crippen molar-refractivity contribution in [1.82, 2.24) is 20.0 Å². The number of rotatable bonds is 1. The predicted octanol–water partition coefficient (Wildman–Crippen LogP) is 0.494. The third-order valence-electron chi connectivity index (χ3n) is 4.32. The molecule has 1 aromatic rings. The summed E-state index contributed by atoms with van der Waals surface area (Å²) in [7, 11) is 1.84. The normalized spacial score (nSPS) is 27.3. The van der Waals surface area contributed by atoms with Gasteiger partial charge in [-0.05, 0) is 25.3 Å². The summed E-state index contributed by atoms with van der Waals surface area (Å²) in [4.78, 5) is 28.2. The number of piperidine rings is 1. The summed E-state index contributed by atoms with van der Waals surface area (Å²) in [5, 5.41) is 6.50. The highest BCUT2D eigenvalue weighted by molar-refractivity contribution is 5.93. The van der Waals surface area contributed by atoms with E-state index in [2.05, 4.69) is 10.2 Å². The molecule has 2 saturated heterocycles. The summed E-state index contributed by atoms with van der Waals surface area (Å²) in [5.74, 6) is 0.133. The van der Waals surface area contributed by atoms with Crippen LogP contribution in [0.15, 0.2) is 12.3 Å². The van der Waals surface area contributed by atoms with Crippen LogP contribution in [0.5, 0.6) is 0 Å². The van der Waals surface area contributed by atoms with E-state index >= 15 is 0 Å². The summed E-state index contributed by atoms with van der Waals surface area (Å²) >= 11 is 0. The number of nitrogens with one attached hydrogen (secondary N) is 1. The molecule has 1 N–H and O–H groups in total. The molecular formula is C13H18N4O2. The summed E-state index contributed by atoms with van der Waals surface area (Å²) in [5.41, 5.74) is 0.152. The van der Waals surface area contributed by atoms with Crippen LogP contribution >= 0.6 is 0 Å². The predicted molar refractivity (Wildman–Crippen MR) is 68.4 cm³/mol. The number of carbonyl (C=O) groups excluding carboxylic acids is 2. The molecule has 1 spiro atoms. The number of nitrogens with zero attached hydrogens (tertiary/aromatic N) is 3. The Morgan fingerprint density at radius 3 is 2.89 bits per heavy atom. The van der Waals surface area contributed by atoms with Gasteiger partial charge in [-0.3, -0.25) is 14.7 Å². The maximum atomic E-state index is 12.3. The largest absolute Gasteiger partial charge is 0.345 e. The minimum absolute atomic E-state index is 0.0565. The van der Waals surface area contributed by atoms with Gasteiger partial charge in [-0.25, -0.2) is 0 Å². The van der Waals surface area contributed by atoms with E-state index in [1.54, 1.807) is 22.1 Å². The Hall–Kier alpha value is -1.85. The van der Waals surface area contributed by atoms with Crippen LogP contribution in [0.2, 0.25) is 0 Å². The van der Waals surface area contributed by atoms with Gasteiger partial charge in [0.05, 0.1) is 5.41 Å². The third-order valence-corrected chi connectivity index (χ3v) is 4.32. The minimum atomic E-state index is -0.345. The first-order chi connectivity index (χ1) is 9.12. The standard InChI is InChI=1S/C13H18N4O2/c1-16-8-5-13(12(16)19)4-2-7-17(9-13)11(18)10-3-6-14-15-10/h3,6H,2,4-5,7-9H2,1H3,(H,14,15). The van der Waals surface area contributed by atoms with Gasteiger partial charge in [0.15, 0.2) is 0 Å². The molecule has 6 heteroatoms. The molecule has 3 heterocycles. The van der Waals surface area contributed by atoms with Crippen LogP contribution < -0.4 is 0 Å². The zero-order chi connectivity index (χ0) is 13.5. The molecule has 102 valence electrons. The number of likely N-dealkylation sites (tertiary alicyclic amines) is 2. The van der Waals surface area contributed by atoms with Crippen LogP contribution in [0, 0.1) is 5.41 Å². The Kier molecular flexibility index (Phi) is 2.80. The van der Waals surface area contributed by atoms with E-state index in [4.69, 9.17) is 0 Å². The van der Waals surface area contributed by atoms with Gasteiger partial charge in [-0.2, -0.15) is 5.10 Å². The molecule has 3 rings (SSSR count). The van der Waals surface area contributed by atoms with E-state index < -0.39 is 0 Å². The fourth-order valence-corrected chi connectivity index (χ4v) is 3.22. The van der Waals surface area contributed by atoms with Gasteiger partial charge in [0.25, 0.3) is 5.91 Å². The number of amides is 2. The lowest BCUT2D eigenvalue weighted by Gasteiger charge is -2.38. The second kappa shape index (κ2) is 4.36. The number of aromatic nitrogens is 2. The Labute approximate surface area is 111 Å². The van der Waals surface area contributed by atoms with Crippen molar-refractivity contribution in [1.29, 1.82) is 0 Å². The van der Waals surface area contributed by atoms with E-state index in [1.165, 1.54) is 0 Å². The molecule has 0 aromatic carbocycles. The molecular weight excluding hydrogens is 244 g/mol. The van der Waals surface area contributed by atoms with Crippen molar-refractivity contribution in [2.45, 2.75) is 19.3 Å². The third kappa shape index (κ3) is 1.91. The fraction of sp³-hybridized carbons (Fsp3) is 0.615. The van der Waals surface area contributed by atoms with E-state index in [-0.39, 0.29) is 17.2 Å². The van der Waals surface area contributed by atoms with Crippen molar-refractivity contribution in [3.8, 4) is 0 Å². The van der Waals surface area contributed by atoms with Crippen LogP contribution in [0.3, 0.4) is 0 Å². The average molecular weight is 262 g/mol. The van der Waals surface area contributed by atoms with Gasteiger partial charge < -0.3 is 9.80 Å². The van der Waals surface area contributed by atoms with E-state index in [9.17, 15) is 9.59 Å².